The van der Waals surface area contributed by atoms with Gasteiger partial charge in [0, 0.05) is 23.9 Å². The molecule has 0 radical (unpaired) electrons. The van der Waals surface area contributed by atoms with Gasteiger partial charge in [-0.15, -0.1) is 0 Å². The van der Waals surface area contributed by atoms with Crippen molar-refractivity contribution in [3.63, 3.8) is 0 Å². The Morgan fingerprint density at radius 1 is 1.29 bits per heavy atom. The molecule has 0 aliphatic carbocycles. The van der Waals surface area contributed by atoms with Crippen LogP contribution in [0, 0.1) is 0 Å². The summed E-state index contributed by atoms with van der Waals surface area (Å²) in [5, 5.41) is 0. The molecular weight excluding hydrogens is 212 g/mol. The van der Waals surface area contributed by atoms with Gasteiger partial charge in [-0.2, -0.15) is 0 Å². The Hall–Kier alpha value is -2.03. The van der Waals surface area contributed by atoms with E-state index in [4.69, 9.17) is 10.5 Å². The van der Waals surface area contributed by atoms with Crippen LogP contribution in [0.25, 0.3) is 11.3 Å². The molecule has 3 nitrogen and oxygen atoms in total. The summed E-state index contributed by atoms with van der Waals surface area (Å²) in [6, 6.07) is 9.86. The monoisotopic (exact) mass is 226 g/mol. The van der Waals surface area contributed by atoms with Crippen molar-refractivity contribution in [2.24, 2.45) is 0 Å². The number of anilines is 1. The summed E-state index contributed by atoms with van der Waals surface area (Å²) in [4.78, 5) is 4.33. The molecule has 1 unspecified atom stereocenters. The molecule has 0 saturated carbocycles. The molecule has 0 saturated heterocycles. The van der Waals surface area contributed by atoms with Gasteiger partial charge in [0.2, 0.25) is 0 Å². The normalized spacial score (nSPS) is 17.6. The molecule has 3 rings (SSSR count). The Kier molecular flexibility index (Phi) is 2.25. The fourth-order valence-corrected chi connectivity index (χ4v) is 2.19. The molecule has 0 fully saturated rings. The standard InChI is InChI=1S/C14H14N2O/c1-9-6-11-7-10(2-3-14(11)17-9)13-8-12(15)4-5-16-13/h2-5,7-9H,6H2,1H3,(H2,15,16). The highest BCUT2D eigenvalue weighted by molar-refractivity contribution is 5.65. The lowest BCUT2D eigenvalue weighted by Gasteiger charge is -2.04. The summed E-state index contributed by atoms with van der Waals surface area (Å²) < 4.78 is 5.68. The second-order valence-electron chi connectivity index (χ2n) is 4.43. The molecule has 0 bridgehead atoms. The summed E-state index contributed by atoms with van der Waals surface area (Å²) in [6.45, 7) is 2.08. The minimum absolute atomic E-state index is 0.272. The van der Waals surface area contributed by atoms with Crippen LogP contribution >= 0.6 is 0 Å². The molecule has 1 aromatic heterocycles. The lowest BCUT2D eigenvalue weighted by atomic mass is 10.0. The third kappa shape index (κ3) is 1.84. The van der Waals surface area contributed by atoms with Gasteiger partial charge in [0.1, 0.15) is 11.9 Å². The number of ether oxygens (including phenoxy) is 1. The van der Waals surface area contributed by atoms with E-state index in [0.29, 0.717) is 0 Å². The molecule has 3 heteroatoms. The molecule has 1 atom stereocenters. The number of pyridine rings is 1. The van der Waals surface area contributed by atoms with Crippen LogP contribution in [-0.2, 0) is 6.42 Å². The Labute approximate surface area is 100 Å². The number of aromatic nitrogens is 1. The predicted octanol–water partition coefficient (Wildman–Crippen LogP) is 2.65. The lowest BCUT2D eigenvalue weighted by Crippen LogP contribution is -2.05. The first kappa shape index (κ1) is 10.1. The number of nitrogens with two attached hydrogens (primary N) is 1. The van der Waals surface area contributed by atoms with Crippen LogP contribution in [0.2, 0.25) is 0 Å². The number of fused-ring (bicyclic) bond motifs is 1. The SMILES string of the molecule is CC1Cc2cc(-c3cc(N)ccn3)ccc2O1. The number of hydrogen-bond donors (Lipinski definition) is 1. The second kappa shape index (κ2) is 3.77. The van der Waals surface area contributed by atoms with E-state index in [1.165, 1.54) is 5.56 Å². The number of hydrogen-bond acceptors (Lipinski definition) is 3. The van der Waals surface area contributed by atoms with Gasteiger partial charge < -0.3 is 10.5 Å². The maximum atomic E-state index is 5.77. The molecule has 1 aliphatic rings. The highest BCUT2D eigenvalue weighted by atomic mass is 16.5. The molecule has 0 amide bonds. The van der Waals surface area contributed by atoms with Crippen LogP contribution < -0.4 is 10.5 Å². The Balaban J connectivity index is 2.03. The molecule has 2 N–H and O–H groups in total. The van der Waals surface area contributed by atoms with Gasteiger partial charge in [0.05, 0.1) is 5.69 Å². The largest absolute Gasteiger partial charge is 0.490 e. The van der Waals surface area contributed by atoms with Crippen molar-refractivity contribution in [2.45, 2.75) is 19.4 Å². The van der Waals surface area contributed by atoms with Crippen molar-refractivity contribution in [3.8, 4) is 17.0 Å². The first-order valence-corrected chi connectivity index (χ1v) is 5.74. The van der Waals surface area contributed by atoms with Crippen LogP contribution in [0.15, 0.2) is 36.5 Å². The van der Waals surface area contributed by atoms with Crippen molar-refractivity contribution in [3.05, 3.63) is 42.1 Å². The van der Waals surface area contributed by atoms with E-state index >= 15 is 0 Å². The molecule has 1 aliphatic heterocycles. The van der Waals surface area contributed by atoms with Crippen LogP contribution in [0.4, 0.5) is 5.69 Å². The van der Waals surface area contributed by atoms with Crippen LogP contribution in [0.5, 0.6) is 5.75 Å². The van der Waals surface area contributed by atoms with Gasteiger partial charge in [-0.1, -0.05) is 0 Å². The molecule has 1 aromatic carbocycles. The number of rotatable bonds is 1. The number of nitrogens with zero attached hydrogens (tertiary/aromatic N) is 1. The van der Waals surface area contributed by atoms with Crippen molar-refractivity contribution in [2.75, 3.05) is 5.73 Å². The molecule has 2 aromatic rings. The van der Waals surface area contributed by atoms with E-state index < -0.39 is 0 Å². The fraction of sp³-hybridized carbons (Fsp3) is 0.214. The van der Waals surface area contributed by atoms with Gasteiger partial charge in [0.25, 0.3) is 0 Å². The third-order valence-electron chi connectivity index (χ3n) is 2.98. The van der Waals surface area contributed by atoms with E-state index in [1.807, 2.05) is 18.2 Å². The maximum absolute atomic E-state index is 5.77. The zero-order valence-electron chi connectivity index (χ0n) is 9.68. The topological polar surface area (TPSA) is 48.1 Å². The van der Waals surface area contributed by atoms with Crippen molar-refractivity contribution in [1.29, 1.82) is 0 Å². The van der Waals surface area contributed by atoms with E-state index in [2.05, 4.69) is 18.0 Å². The Morgan fingerprint density at radius 2 is 2.18 bits per heavy atom. The quantitative estimate of drug-likeness (QED) is 0.813. The average Bonchev–Trinajstić information content (AvgIpc) is 2.68. The maximum Gasteiger partial charge on any atom is 0.123 e. The predicted molar refractivity (Wildman–Crippen MR) is 67.9 cm³/mol. The van der Waals surface area contributed by atoms with Crippen LogP contribution in [0.3, 0.4) is 0 Å². The first-order valence-electron chi connectivity index (χ1n) is 5.74. The van der Waals surface area contributed by atoms with E-state index in [-0.39, 0.29) is 6.10 Å². The summed E-state index contributed by atoms with van der Waals surface area (Å²) in [5.41, 5.74) is 9.75. The van der Waals surface area contributed by atoms with Gasteiger partial charge in [0.15, 0.2) is 0 Å². The first-order chi connectivity index (χ1) is 8.22. The zero-order valence-corrected chi connectivity index (χ0v) is 9.68. The van der Waals surface area contributed by atoms with Crippen molar-refractivity contribution >= 4 is 5.69 Å². The third-order valence-corrected chi connectivity index (χ3v) is 2.98. The van der Waals surface area contributed by atoms with Gasteiger partial charge in [-0.25, -0.2) is 0 Å². The van der Waals surface area contributed by atoms with E-state index in [0.717, 1.165) is 29.1 Å². The molecule has 2 heterocycles. The second-order valence-corrected chi connectivity index (χ2v) is 4.43. The highest BCUT2D eigenvalue weighted by Crippen LogP contribution is 2.32. The van der Waals surface area contributed by atoms with Gasteiger partial charge >= 0.3 is 0 Å². The average molecular weight is 226 g/mol. The van der Waals surface area contributed by atoms with Crippen LogP contribution in [0.1, 0.15) is 12.5 Å². The summed E-state index contributed by atoms with van der Waals surface area (Å²) in [5.74, 6) is 0.991. The summed E-state index contributed by atoms with van der Waals surface area (Å²) in [6.07, 6.45) is 2.97. The summed E-state index contributed by atoms with van der Waals surface area (Å²) in [7, 11) is 0. The molecule has 86 valence electrons. The highest BCUT2D eigenvalue weighted by Gasteiger charge is 2.19. The van der Waals surface area contributed by atoms with Gasteiger partial charge in [-0.3, -0.25) is 4.98 Å². The number of benzene rings is 1. The smallest absolute Gasteiger partial charge is 0.123 e. The van der Waals surface area contributed by atoms with E-state index in [9.17, 15) is 0 Å². The molecular formula is C14H14N2O. The summed E-state index contributed by atoms with van der Waals surface area (Å²) >= 11 is 0. The molecule has 0 spiro atoms. The van der Waals surface area contributed by atoms with Crippen molar-refractivity contribution < 1.29 is 4.74 Å². The fourth-order valence-electron chi connectivity index (χ4n) is 2.19. The Bertz CT molecular complexity index is 566. The minimum atomic E-state index is 0.272. The lowest BCUT2D eigenvalue weighted by molar-refractivity contribution is 0.254. The zero-order chi connectivity index (χ0) is 11.8. The Morgan fingerprint density at radius 3 is 3.00 bits per heavy atom. The number of nitrogen functional groups attached to an aromatic ring is 1. The van der Waals surface area contributed by atoms with Crippen molar-refractivity contribution in [1.82, 2.24) is 4.98 Å². The minimum Gasteiger partial charge on any atom is -0.490 e. The van der Waals surface area contributed by atoms with Gasteiger partial charge in [-0.05, 0) is 42.8 Å². The molecule has 17 heavy (non-hydrogen) atoms. The van der Waals surface area contributed by atoms with E-state index in [1.54, 1.807) is 12.3 Å². The van der Waals surface area contributed by atoms with Crippen LogP contribution in [-0.4, -0.2) is 11.1 Å².